The van der Waals surface area contributed by atoms with Crippen LogP contribution in [0.5, 0.6) is 0 Å². The molecule has 0 bridgehead atoms. The molecular weight excluding hydrogens is 515 g/mol. The van der Waals surface area contributed by atoms with E-state index >= 15 is 0 Å². The van der Waals surface area contributed by atoms with Gasteiger partial charge in [0.25, 0.3) is 0 Å². The van der Waals surface area contributed by atoms with Crippen molar-refractivity contribution in [3.05, 3.63) is 106 Å². The first-order chi connectivity index (χ1) is 18.0. The zero-order valence-corrected chi connectivity index (χ0v) is 22.3. The molecule has 0 heterocycles. The summed E-state index contributed by atoms with van der Waals surface area (Å²) in [5.74, 6) is 0.0629. The lowest BCUT2D eigenvalue weighted by atomic mass is 9.88. The van der Waals surface area contributed by atoms with E-state index in [1.165, 1.54) is 11.6 Å². The molecule has 0 spiro atoms. The molecule has 1 aliphatic carbocycles. The quantitative estimate of drug-likeness (QED) is 0.217. The Balaban J connectivity index is 1.75. The Morgan fingerprint density at radius 2 is 1.89 bits per heavy atom. The zero-order chi connectivity index (χ0) is 27.7. The van der Waals surface area contributed by atoms with Crippen molar-refractivity contribution in [1.82, 2.24) is 4.90 Å². The molecule has 4 nitrogen and oxygen atoms in total. The highest BCUT2D eigenvalue weighted by Gasteiger charge is 2.34. The van der Waals surface area contributed by atoms with Gasteiger partial charge in [0.15, 0.2) is 0 Å². The van der Waals surface area contributed by atoms with Gasteiger partial charge in [-0.2, -0.15) is 13.2 Å². The molecule has 0 aromatic heterocycles. The van der Waals surface area contributed by atoms with Crippen LogP contribution in [-0.2, 0) is 22.3 Å². The van der Waals surface area contributed by atoms with Gasteiger partial charge in [-0.1, -0.05) is 74.0 Å². The minimum Gasteiger partial charge on any atom is -0.494 e. The molecule has 0 saturated heterocycles. The topological polar surface area (TPSA) is 49.8 Å². The molecule has 8 heteroatoms. The highest BCUT2D eigenvalue weighted by Crippen LogP contribution is 2.37. The second kappa shape index (κ2) is 13.7. The molecule has 38 heavy (non-hydrogen) atoms. The van der Waals surface area contributed by atoms with E-state index in [4.69, 9.17) is 21.4 Å². The fourth-order valence-electron chi connectivity index (χ4n) is 4.50. The summed E-state index contributed by atoms with van der Waals surface area (Å²) >= 11 is 6.23. The summed E-state index contributed by atoms with van der Waals surface area (Å²) in [5, 5.41) is 8.71. The number of hydrogen-bond acceptors (Lipinski definition) is 3. The Morgan fingerprint density at radius 1 is 1.16 bits per heavy atom. The van der Waals surface area contributed by atoms with Crippen LogP contribution in [0.3, 0.4) is 0 Å². The number of carbonyl (C=O) groups is 1. The van der Waals surface area contributed by atoms with Crippen molar-refractivity contribution >= 4 is 17.6 Å². The Hall–Kier alpha value is -3.03. The molecule has 0 fully saturated rings. The van der Waals surface area contributed by atoms with Crippen LogP contribution < -0.4 is 0 Å². The number of halogens is 4. The van der Waals surface area contributed by atoms with Gasteiger partial charge < -0.3 is 9.84 Å². The SMILES string of the molecule is CC(C)C(CN(CCCOC1=CC(=CC(=O)O)CC=C1)Cc1cccc(C(F)(F)F)c1Cl)c1ccccc1. The number of carboxylic acids is 1. The summed E-state index contributed by atoms with van der Waals surface area (Å²) < 4.78 is 46.3. The number of hydrogen-bond donors (Lipinski definition) is 1. The van der Waals surface area contributed by atoms with Crippen molar-refractivity contribution in [2.24, 2.45) is 5.92 Å². The second-order valence-corrected chi connectivity index (χ2v) is 10.1. The first-order valence-corrected chi connectivity index (χ1v) is 13.0. The number of alkyl halides is 3. The summed E-state index contributed by atoms with van der Waals surface area (Å²) in [6, 6.07) is 14.1. The average molecular weight is 548 g/mol. The number of benzene rings is 2. The normalized spacial score (nSPS) is 15.7. The van der Waals surface area contributed by atoms with E-state index in [0.717, 1.165) is 12.1 Å². The van der Waals surface area contributed by atoms with Crippen LogP contribution in [0.25, 0.3) is 0 Å². The summed E-state index contributed by atoms with van der Waals surface area (Å²) in [5.41, 5.74) is 1.43. The maximum atomic E-state index is 13.5. The number of nitrogens with zero attached hydrogens (tertiary/aromatic N) is 1. The van der Waals surface area contributed by atoms with E-state index < -0.39 is 17.7 Å². The van der Waals surface area contributed by atoms with E-state index in [9.17, 15) is 18.0 Å². The molecule has 0 radical (unpaired) electrons. The standard InChI is InChI=1S/C30H33ClF3NO3/c1-21(2)26(23-10-4-3-5-11-23)20-35(19-24-12-7-14-27(29(24)31)30(32,33)34)15-8-16-38-25-13-6-9-22(17-25)18-28(36)37/h3-7,10-14,17-18,21,26H,8-9,15-16,19-20H2,1-2H3,(H,36,37). The van der Waals surface area contributed by atoms with Gasteiger partial charge >= 0.3 is 12.1 Å². The van der Waals surface area contributed by atoms with Crippen molar-refractivity contribution in [2.45, 2.75) is 45.3 Å². The Morgan fingerprint density at radius 3 is 2.55 bits per heavy atom. The first-order valence-electron chi connectivity index (χ1n) is 12.6. The molecule has 0 amide bonds. The number of carboxylic acid groups (broad SMARTS) is 1. The lowest BCUT2D eigenvalue weighted by Gasteiger charge is -2.31. The van der Waals surface area contributed by atoms with Gasteiger partial charge in [0.1, 0.15) is 5.76 Å². The van der Waals surface area contributed by atoms with Crippen LogP contribution in [0.1, 0.15) is 49.3 Å². The molecule has 0 aliphatic heterocycles. The van der Waals surface area contributed by atoms with Crippen molar-refractivity contribution in [2.75, 3.05) is 19.7 Å². The van der Waals surface area contributed by atoms with E-state index in [2.05, 4.69) is 30.9 Å². The third-order valence-corrected chi connectivity index (χ3v) is 6.87. The van der Waals surface area contributed by atoms with Crippen molar-refractivity contribution in [3.63, 3.8) is 0 Å². The predicted molar refractivity (Wildman–Crippen MR) is 144 cm³/mol. The molecular formula is C30H33ClF3NO3. The van der Waals surface area contributed by atoms with Crippen LogP contribution >= 0.6 is 11.6 Å². The molecule has 204 valence electrons. The van der Waals surface area contributed by atoms with Gasteiger partial charge in [-0.05, 0) is 59.6 Å². The summed E-state index contributed by atoms with van der Waals surface area (Å²) in [7, 11) is 0. The second-order valence-electron chi connectivity index (χ2n) is 9.69. The largest absolute Gasteiger partial charge is 0.494 e. The minimum absolute atomic E-state index is 0.175. The van der Waals surface area contributed by atoms with Crippen molar-refractivity contribution in [1.29, 1.82) is 0 Å². The van der Waals surface area contributed by atoms with Crippen LogP contribution in [0.15, 0.2) is 84.2 Å². The molecule has 0 saturated carbocycles. The third kappa shape index (κ3) is 8.77. The van der Waals surface area contributed by atoms with E-state index in [0.29, 0.717) is 55.4 Å². The predicted octanol–water partition coefficient (Wildman–Crippen LogP) is 7.86. The fraction of sp³-hybridized carbons (Fsp3) is 0.367. The van der Waals surface area contributed by atoms with E-state index in [1.807, 2.05) is 30.4 Å². The van der Waals surface area contributed by atoms with Crippen molar-refractivity contribution < 1.29 is 27.8 Å². The summed E-state index contributed by atoms with van der Waals surface area (Å²) in [6.07, 6.45) is 3.15. The highest BCUT2D eigenvalue weighted by atomic mass is 35.5. The fourth-order valence-corrected chi connectivity index (χ4v) is 4.80. The van der Waals surface area contributed by atoms with Crippen LogP contribution in [0, 0.1) is 5.92 Å². The maximum Gasteiger partial charge on any atom is 0.417 e. The monoisotopic (exact) mass is 547 g/mol. The van der Waals surface area contributed by atoms with Gasteiger partial charge in [0.05, 0.1) is 17.2 Å². The molecule has 2 aromatic carbocycles. The maximum absolute atomic E-state index is 13.5. The molecule has 1 unspecified atom stereocenters. The highest BCUT2D eigenvalue weighted by molar-refractivity contribution is 6.32. The van der Waals surface area contributed by atoms with Crippen LogP contribution in [-0.4, -0.2) is 35.7 Å². The Labute approximate surface area is 227 Å². The number of rotatable bonds is 12. The van der Waals surface area contributed by atoms with Crippen LogP contribution in [0.2, 0.25) is 5.02 Å². The molecule has 2 aromatic rings. The number of ether oxygens (including phenoxy) is 1. The molecule has 1 N–H and O–H groups in total. The lowest BCUT2D eigenvalue weighted by molar-refractivity contribution is -0.137. The van der Waals surface area contributed by atoms with E-state index in [1.54, 1.807) is 12.1 Å². The van der Waals surface area contributed by atoms with Gasteiger partial charge in [-0.15, -0.1) is 0 Å². The summed E-state index contributed by atoms with van der Waals surface area (Å²) in [4.78, 5) is 13.1. The molecule has 1 aliphatic rings. The smallest absolute Gasteiger partial charge is 0.417 e. The molecule has 1 atom stereocenters. The van der Waals surface area contributed by atoms with Gasteiger partial charge in [0, 0.05) is 25.7 Å². The summed E-state index contributed by atoms with van der Waals surface area (Å²) in [6.45, 7) is 6.15. The first kappa shape index (κ1) is 29.5. The van der Waals surface area contributed by atoms with Gasteiger partial charge in [-0.25, -0.2) is 4.79 Å². The average Bonchev–Trinajstić information content (AvgIpc) is 2.85. The lowest BCUT2D eigenvalue weighted by Crippen LogP contribution is -2.32. The number of allylic oxidation sites excluding steroid dienone is 4. The van der Waals surface area contributed by atoms with Gasteiger partial charge in [-0.3, -0.25) is 4.90 Å². The Kier molecular flexibility index (Phi) is 10.6. The number of aliphatic carboxylic acids is 1. The van der Waals surface area contributed by atoms with Gasteiger partial charge in [0.2, 0.25) is 0 Å². The van der Waals surface area contributed by atoms with Crippen LogP contribution in [0.4, 0.5) is 13.2 Å². The van der Waals surface area contributed by atoms with Crippen molar-refractivity contribution in [3.8, 4) is 0 Å². The molecule has 3 rings (SSSR count). The van der Waals surface area contributed by atoms with E-state index in [-0.39, 0.29) is 17.5 Å². The zero-order valence-electron chi connectivity index (χ0n) is 21.5. The minimum atomic E-state index is -4.52. The Bertz CT molecular complexity index is 1170. The third-order valence-electron chi connectivity index (χ3n) is 6.43.